The van der Waals surface area contributed by atoms with Gasteiger partial charge in [-0.25, -0.2) is 0 Å². The molecule has 0 aromatic heterocycles. The van der Waals surface area contributed by atoms with Gasteiger partial charge in [-0.2, -0.15) is 0 Å². The van der Waals surface area contributed by atoms with Crippen molar-refractivity contribution in [2.75, 3.05) is 32.8 Å². The van der Waals surface area contributed by atoms with E-state index in [0.29, 0.717) is 19.8 Å². The molecule has 130 valence electrons. The van der Waals surface area contributed by atoms with Crippen molar-refractivity contribution < 1.29 is 14.3 Å². The Kier molecular flexibility index (Phi) is 6.08. The lowest BCUT2D eigenvalue weighted by Gasteiger charge is -2.38. The molecule has 0 aromatic rings. The van der Waals surface area contributed by atoms with Crippen LogP contribution in [0, 0.1) is 0 Å². The molecule has 0 spiro atoms. The molecule has 2 aliphatic heterocycles. The summed E-state index contributed by atoms with van der Waals surface area (Å²) in [7, 11) is 0. The van der Waals surface area contributed by atoms with Crippen LogP contribution in [-0.2, 0) is 14.3 Å². The van der Waals surface area contributed by atoms with E-state index in [1.165, 1.54) is 25.0 Å². The maximum Gasteiger partial charge on any atom is 0.240 e. The van der Waals surface area contributed by atoms with Crippen molar-refractivity contribution in [2.24, 2.45) is 0 Å². The summed E-state index contributed by atoms with van der Waals surface area (Å²) in [5, 5.41) is 0. The Morgan fingerprint density at radius 2 is 2.09 bits per heavy atom. The summed E-state index contributed by atoms with van der Waals surface area (Å²) < 4.78 is 11.4. The highest BCUT2D eigenvalue weighted by Crippen LogP contribution is 2.25. The van der Waals surface area contributed by atoms with Crippen molar-refractivity contribution >= 4 is 5.91 Å². The average Bonchev–Trinajstić information content (AvgIpc) is 3.11. The van der Waals surface area contributed by atoms with Crippen LogP contribution in [0.2, 0.25) is 0 Å². The predicted octanol–water partition coefficient (Wildman–Crippen LogP) is 2.52. The van der Waals surface area contributed by atoms with E-state index >= 15 is 0 Å². The fourth-order valence-corrected chi connectivity index (χ4v) is 3.99. The van der Waals surface area contributed by atoms with Gasteiger partial charge in [-0.1, -0.05) is 12.5 Å². The largest absolute Gasteiger partial charge is 0.349 e. The van der Waals surface area contributed by atoms with E-state index < -0.39 is 0 Å². The Labute approximate surface area is 139 Å². The van der Waals surface area contributed by atoms with Crippen LogP contribution in [0.3, 0.4) is 0 Å². The van der Waals surface area contributed by atoms with Crippen LogP contribution in [0.5, 0.6) is 0 Å². The van der Waals surface area contributed by atoms with Crippen molar-refractivity contribution in [3.8, 4) is 0 Å². The van der Waals surface area contributed by atoms with E-state index in [0.717, 1.165) is 38.8 Å². The molecule has 0 N–H and O–H groups in total. The Morgan fingerprint density at radius 3 is 2.78 bits per heavy atom. The molecule has 1 atom stereocenters. The molecular formula is C18H30N2O3. The van der Waals surface area contributed by atoms with Crippen molar-refractivity contribution in [3.63, 3.8) is 0 Å². The molecule has 0 radical (unpaired) electrons. The number of carbonyl (C=O) groups is 1. The highest BCUT2D eigenvalue weighted by molar-refractivity contribution is 5.80. The van der Waals surface area contributed by atoms with Gasteiger partial charge < -0.3 is 14.4 Å². The molecule has 0 saturated carbocycles. The summed E-state index contributed by atoms with van der Waals surface area (Å²) in [6.07, 6.45) is 10.1. The van der Waals surface area contributed by atoms with Crippen molar-refractivity contribution in [1.29, 1.82) is 0 Å². The van der Waals surface area contributed by atoms with Gasteiger partial charge in [-0.3, -0.25) is 9.69 Å². The fraction of sp³-hybridized carbons (Fsp3) is 0.833. The van der Waals surface area contributed by atoms with E-state index in [-0.39, 0.29) is 18.2 Å². The highest BCUT2D eigenvalue weighted by Gasteiger charge is 2.35. The number of rotatable bonds is 5. The normalized spacial score (nSPS) is 27.0. The zero-order valence-electron chi connectivity index (χ0n) is 14.3. The first-order valence-corrected chi connectivity index (χ1v) is 9.26. The summed E-state index contributed by atoms with van der Waals surface area (Å²) in [4.78, 5) is 17.1. The molecule has 3 aliphatic rings. The minimum absolute atomic E-state index is 0.146. The maximum absolute atomic E-state index is 12.9. The van der Waals surface area contributed by atoms with Gasteiger partial charge in [0.1, 0.15) is 0 Å². The monoisotopic (exact) mass is 322 g/mol. The number of hydrogen-bond acceptors (Lipinski definition) is 4. The molecule has 1 unspecified atom stereocenters. The number of amides is 1. The number of allylic oxidation sites excluding steroid dienone is 2. The van der Waals surface area contributed by atoms with E-state index in [1.54, 1.807) is 0 Å². The van der Waals surface area contributed by atoms with Crippen LogP contribution in [0.15, 0.2) is 11.8 Å². The second kappa shape index (κ2) is 8.27. The predicted molar refractivity (Wildman–Crippen MR) is 88.8 cm³/mol. The maximum atomic E-state index is 12.9. The van der Waals surface area contributed by atoms with Gasteiger partial charge in [0.2, 0.25) is 5.91 Å². The summed E-state index contributed by atoms with van der Waals surface area (Å²) >= 11 is 0. The molecule has 1 amide bonds. The first kappa shape index (κ1) is 16.9. The molecule has 1 aliphatic carbocycles. The van der Waals surface area contributed by atoms with Crippen LogP contribution in [0.4, 0.5) is 0 Å². The first-order chi connectivity index (χ1) is 11.3. The highest BCUT2D eigenvalue weighted by atomic mass is 16.7. The van der Waals surface area contributed by atoms with Gasteiger partial charge >= 0.3 is 0 Å². The Hall–Kier alpha value is -0.910. The Balaban J connectivity index is 1.62. The quantitative estimate of drug-likeness (QED) is 0.780. The van der Waals surface area contributed by atoms with Gasteiger partial charge in [0.15, 0.2) is 6.29 Å². The number of nitrogens with zero attached hydrogens (tertiary/aromatic N) is 2. The van der Waals surface area contributed by atoms with E-state index in [1.807, 2.05) is 4.90 Å². The SMILES string of the molecule is CCN(C(=O)CN1CCCCC1C1OCCO1)C1=CCCCC1. The topological polar surface area (TPSA) is 42.0 Å². The van der Waals surface area contributed by atoms with Gasteiger partial charge in [0, 0.05) is 12.2 Å². The second-order valence-corrected chi connectivity index (χ2v) is 6.72. The summed E-state index contributed by atoms with van der Waals surface area (Å²) in [6, 6.07) is 0.231. The third-order valence-corrected chi connectivity index (χ3v) is 5.20. The summed E-state index contributed by atoms with van der Waals surface area (Å²) in [6.45, 7) is 5.65. The third-order valence-electron chi connectivity index (χ3n) is 5.20. The van der Waals surface area contributed by atoms with Crippen LogP contribution < -0.4 is 0 Å². The number of piperidine rings is 1. The van der Waals surface area contributed by atoms with E-state index in [9.17, 15) is 4.79 Å². The lowest BCUT2D eigenvalue weighted by atomic mass is 10.0. The minimum atomic E-state index is -0.146. The Morgan fingerprint density at radius 1 is 1.26 bits per heavy atom. The molecule has 2 saturated heterocycles. The first-order valence-electron chi connectivity index (χ1n) is 9.26. The number of likely N-dealkylation sites (N-methyl/N-ethyl adjacent to an activating group) is 1. The molecule has 2 heterocycles. The molecule has 0 bridgehead atoms. The lowest BCUT2D eigenvalue weighted by molar-refractivity contribution is -0.138. The van der Waals surface area contributed by atoms with Crippen molar-refractivity contribution in [2.45, 2.75) is 64.2 Å². The van der Waals surface area contributed by atoms with Crippen LogP contribution in [-0.4, -0.2) is 60.9 Å². The van der Waals surface area contributed by atoms with Crippen molar-refractivity contribution in [1.82, 2.24) is 9.80 Å². The van der Waals surface area contributed by atoms with E-state index in [4.69, 9.17) is 9.47 Å². The molecular weight excluding hydrogens is 292 g/mol. The average molecular weight is 322 g/mol. The number of likely N-dealkylation sites (tertiary alicyclic amines) is 1. The smallest absolute Gasteiger partial charge is 0.240 e. The number of ether oxygens (including phenoxy) is 2. The van der Waals surface area contributed by atoms with Crippen LogP contribution in [0.25, 0.3) is 0 Å². The molecule has 5 heteroatoms. The summed E-state index contributed by atoms with van der Waals surface area (Å²) in [5.74, 6) is 0.227. The van der Waals surface area contributed by atoms with E-state index in [2.05, 4.69) is 17.9 Å². The molecule has 0 aromatic carbocycles. The number of hydrogen-bond donors (Lipinski definition) is 0. The summed E-state index contributed by atoms with van der Waals surface area (Å²) in [5.41, 5.74) is 1.23. The molecule has 23 heavy (non-hydrogen) atoms. The number of carbonyl (C=O) groups excluding carboxylic acids is 1. The minimum Gasteiger partial charge on any atom is -0.349 e. The van der Waals surface area contributed by atoms with Gasteiger partial charge in [0.25, 0.3) is 0 Å². The van der Waals surface area contributed by atoms with Crippen LogP contribution >= 0.6 is 0 Å². The standard InChI is InChI=1S/C18H30N2O3/c1-2-20(15-8-4-3-5-9-15)17(21)14-19-11-7-6-10-16(19)18-22-12-13-23-18/h8,16,18H,2-7,9-14H2,1H3. The fourth-order valence-electron chi connectivity index (χ4n) is 3.99. The van der Waals surface area contributed by atoms with Gasteiger partial charge in [-0.15, -0.1) is 0 Å². The molecule has 3 rings (SSSR count). The third kappa shape index (κ3) is 4.14. The van der Waals surface area contributed by atoms with Gasteiger partial charge in [0.05, 0.1) is 25.8 Å². The van der Waals surface area contributed by atoms with Crippen LogP contribution in [0.1, 0.15) is 51.9 Å². The lowest BCUT2D eigenvalue weighted by Crippen LogP contribution is -2.51. The zero-order valence-corrected chi connectivity index (χ0v) is 14.3. The van der Waals surface area contributed by atoms with Gasteiger partial charge in [-0.05, 0) is 52.0 Å². The zero-order chi connectivity index (χ0) is 16.1. The second-order valence-electron chi connectivity index (χ2n) is 6.72. The molecule has 5 nitrogen and oxygen atoms in total. The Bertz CT molecular complexity index is 432. The molecule has 2 fully saturated rings. The van der Waals surface area contributed by atoms with Crippen molar-refractivity contribution in [3.05, 3.63) is 11.8 Å².